The standard InChI is InChI=1S/C12H17NO2S/c1-2-4-10-13-12-8(7-11(14)15)5-3-6-9(12)16-10/h8H,2-7H2,1H3,(H,14,15). The van der Waals surface area contributed by atoms with Crippen LogP contribution in [0.1, 0.15) is 54.1 Å². The molecule has 0 fully saturated rings. The van der Waals surface area contributed by atoms with Gasteiger partial charge in [-0.25, -0.2) is 4.98 Å². The van der Waals surface area contributed by atoms with Crippen molar-refractivity contribution in [3.05, 3.63) is 15.6 Å². The lowest BCUT2D eigenvalue weighted by molar-refractivity contribution is -0.137. The molecule has 0 bridgehead atoms. The second-order valence-electron chi connectivity index (χ2n) is 4.35. The Labute approximate surface area is 99.5 Å². The van der Waals surface area contributed by atoms with Crippen LogP contribution in [-0.4, -0.2) is 16.1 Å². The maximum atomic E-state index is 10.8. The van der Waals surface area contributed by atoms with Crippen molar-refractivity contribution in [1.82, 2.24) is 4.98 Å². The quantitative estimate of drug-likeness (QED) is 0.878. The van der Waals surface area contributed by atoms with Crippen LogP contribution in [0.4, 0.5) is 0 Å². The van der Waals surface area contributed by atoms with Gasteiger partial charge in [0.05, 0.1) is 17.1 Å². The molecule has 0 saturated carbocycles. The van der Waals surface area contributed by atoms with Crippen LogP contribution in [0.2, 0.25) is 0 Å². The molecule has 1 aliphatic carbocycles. The van der Waals surface area contributed by atoms with Gasteiger partial charge in [0.25, 0.3) is 0 Å². The summed E-state index contributed by atoms with van der Waals surface area (Å²) in [6.45, 7) is 2.15. The van der Waals surface area contributed by atoms with Gasteiger partial charge >= 0.3 is 5.97 Å². The van der Waals surface area contributed by atoms with Crippen LogP contribution in [0.5, 0.6) is 0 Å². The molecule has 16 heavy (non-hydrogen) atoms. The molecule has 1 N–H and O–H groups in total. The Morgan fingerprint density at radius 2 is 2.44 bits per heavy atom. The summed E-state index contributed by atoms with van der Waals surface area (Å²) in [5.74, 6) is -0.550. The molecular formula is C12H17NO2S. The summed E-state index contributed by atoms with van der Waals surface area (Å²) in [4.78, 5) is 16.7. The summed E-state index contributed by atoms with van der Waals surface area (Å²) in [7, 11) is 0. The molecule has 1 aromatic rings. The zero-order valence-electron chi connectivity index (χ0n) is 9.53. The van der Waals surface area contributed by atoms with Crippen LogP contribution < -0.4 is 0 Å². The van der Waals surface area contributed by atoms with Gasteiger partial charge in [-0.1, -0.05) is 6.92 Å². The van der Waals surface area contributed by atoms with Gasteiger partial charge in [0.1, 0.15) is 0 Å². The minimum Gasteiger partial charge on any atom is -0.481 e. The summed E-state index contributed by atoms with van der Waals surface area (Å²) >= 11 is 1.79. The Morgan fingerprint density at radius 1 is 1.62 bits per heavy atom. The highest BCUT2D eigenvalue weighted by atomic mass is 32.1. The number of fused-ring (bicyclic) bond motifs is 1. The van der Waals surface area contributed by atoms with E-state index in [-0.39, 0.29) is 12.3 Å². The van der Waals surface area contributed by atoms with Crippen molar-refractivity contribution < 1.29 is 9.90 Å². The van der Waals surface area contributed by atoms with Crippen molar-refractivity contribution in [2.45, 2.75) is 51.4 Å². The first-order valence-electron chi connectivity index (χ1n) is 5.91. The second kappa shape index (κ2) is 4.95. The average Bonchev–Trinajstić information content (AvgIpc) is 2.61. The number of hydrogen-bond acceptors (Lipinski definition) is 3. The molecule has 1 aliphatic rings. The molecule has 4 heteroatoms. The van der Waals surface area contributed by atoms with E-state index in [4.69, 9.17) is 5.11 Å². The smallest absolute Gasteiger partial charge is 0.304 e. The summed E-state index contributed by atoms with van der Waals surface area (Å²) in [6, 6.07) is 0. The van der Waals surface area contributed by atoms with Crippen LogP contribution in [0, 0.1) is 0 Å². The fourth-order valence-corrected chi connectivity index (χ4v) is 3.59. The molecule has 0 aliphatic heterocycles. The van der Waals surface area contributed by atoms with E-state index in [0.717, 1.165) is 37.8 Å². The number of hydrogen-bond donors (Lipinski definition) is 1. The zero-order valence-corrected chi connectivity index (χ0v) is 10.3. The molecule has 0 aromatic carbocycles. The molecule has 1 aromatic heterocycles. The molecule has 0 radical (unpaired) electrons. The van der Waals surface area contributed by atoms with Crippen molar-refractivity contribution in [2.24, 2.45) is 0 Å². The highest BCUT2D eigenvalue weighted by Gasteiger charge is 2.26. The van der Waals surface area contributed by atoms with E-state index in [2.05, 4.69) is 11.9 Å². The predicted molar refractivity (Wildman–Crippen MR) is 64.0 cm³/mol. The van der Waals surface area contributed by atoms with Crippen molar-refractivity contribution in [3.63, 3.8) is 0 Å². The maximum absolute atomic E-state index is 10.8. The van der Waals surface area contributed by atoms with Crippen molar-refractivity contribution >= 4 is 17.3 Å². The highest BCUT2D eigenvalue weighted by Crippen LogP contribution is 2.36. The summed E-state index contributed by atoms with van der Waals surface area (Å²) in [6.07, 6.45) is 5.55. The van der Waals surface area contributed by atoms with Gasteiger partial charge in [-0.3, -0.25) is 4.79 Å². The maximum Gasteiger partial charge on any atom is 0.304 e. The number of aliphatic carboxylic acids is 1. The summed E-state index contributed by atoms with van der Waals surface area (Å²) < 4.78 is 0. The zero-order chi connectivity index (χ0) is 11.5. The molecule has 3 nitrogen and oxygen atoms in total. The van der Waals surface area contributed by atoms with Gasteiger partial charge in [-0.2, -0.15) is 0 Å². The topological polar surface area (TPSA) is 50.2 Å². The Morgan fingerprint density at radius 3 is 3.12 bits per heavy atom. The third-order valence-corrected chi connectivity index (χ3v) is 4.19. The van der Waals surface area contributed by atoms with Gasteiger partial charge in [-0.15, -0.1) is 11.3 Å². The fraction of sp³-hybridized carbons (Fsp3) is 0.667. The fourth-order valence-electron chi connectivity index (χ4n) is 2.29. The Hall–Kier alpha value is -0.900. The van der Waals surface area contributed by atoms with E-state index in [1.807, 2.05) is 0 Å². The van der Waals surface area contributed by atoms with E-state index in [9.17, 15) is 4.79 Å². The molecule has 2 rings (SSSR count). The van der Waals surface area contributed by atoms with Gasteiger partial charge in [0.2, 0.25) is 0 Å². The van der Waals surface area contributed by atoms with E-state index in [0.29, 0.717) is 0 Å². The third-order valence-electron chi connectivity index (χ3n) is 3.00. The van der Waals surface area contributed by atoms with Crippen LogP contribution in [0.25, 0.3) is 0 Å². The minimum atomic E-state index is -0.706. The first kappa shape index (κ1) is 11.6. The second-order valence-corrected chi connectivity index (χ2v) is 5.52. The van der Waals surface area contributed by atoms with Crippen LogP contribution in [0.15, 0.2) is 0 Å². The van der Waals surface area contributed by atoms with Gasteiger partial charge in [0.15, 0.2) is 0 Å². The Balaban J connectivity index is 2.20. The molecule has 1 heterocycles. The van der Waals surface area contributed by atoms with Crippen LogP contribution >= 0.6 is 11.3 Å². The largest absolute Gasteiger partial charge is 0.481 e. The normalized spacial score (nSPS) is 19.4. The highest BCUT2D eigenvalue weighted by molar-refractivity contribution is 7.11. The van der Waals surface area contributed by atoms with Gasteiger partial charge < -0.3 is 5.11 Å². The molecular weight excluding hydrogens is 222 g/mol. The Kier molecular flexibility index (Phi) is 3.59. The summed E-state index contributed by atoms with van der Waals surface area (Å²) in [5, 5.41) is 10.1. The van der Waals surface area contributed by atoms with E-state index >= 15 is 0 Å². The first-order chi connectivity index (χ1) is 7.70. The lowest BCUT2D eigenvalue weighted by atomic mass is 9.88. The van der Waals surface area contributed by atoms with E-state index in [1.54, 1.807) is 11.3 Å². The molecule has 0 amide bonds. The molecule has 88 valence electrons. The van der Waals surface area contributed by atoms with E-state index in [1.165, 1.54) is 9.88 Å². The SMILES string of the molecule is CCCc1nc2c(s1)CCCC2CC(=O)O. The lowest BCUT2D eigenvalue weighted by Gasteiger charge is -2.18. The molecule has 0 spiro atoms. The number of aromatic nitrogens is 1. The minimum absolute atomic E-state index is 0.156. The van der Waals surface area contributed by atoms with Crippen molar-refractivity contribution in [2.75, 3.05) is 0 Å². The van der Waals surface area contributed by atoms with E-state index < -0.39 is 5.97 Å². The number of carbonyl (C=O) groups is 1. The molecule has 1 atom stereocenters. The van der Waals surface area contributed by atoms with Crippen LogP contribution in [0.3, 0.4) is 0 Å². The third kappa shape index (κ3) is 2.43. The lowest BCUT2D eigenvalue weighted by Crippen LogP contribution is -2.12. The number of thiazole rings is 1. The van der Waals surface area contributed by atoms with Crippen LogP contribution in [-0.2, 0) is 17.6 Å². The number of nitrogens with zero attached hydrogens (tertiary/aromatic N) is 1. The Bertz CT molecular complexity index is 386. The monoisotopic (exact) mass is 239 g/mol. The van der Waals surface area contributed by atoms with Gasteiger partial charge in [-0.05, 0) is 32.1 Å². The number of carboxylic acid groups (broad SMARTS) is 1. The average molecular weight is 239 g/mol. The predicted octanol–water partition coefficient (Wildman–Crippen LogP) is 2.99. The summed E-state index contributed by atoms with van der Waals surface area (Å²) in [5.41, 5.74) is 1.09. The van der Waals surface area contributed by atoms with Crippen molar-refractivity contribution in [1.29, 1.82) is 0 Å². The number of carboxylic acids is 1. The van der Waals surface area contributed by atoms with Crippen molar-refractivity contribution in [3.8, 4) is 0 Å². The molecule has 0 saturated heterocycles. The number of rotatable bonds is 4. The number of aryl methyl sites for hydroxylation is 2. The molecule has 1 unspecified atom stereocenters. The van der Waals surface area contributed by atoms with Gasteiger partial charge in [0, 0.05) is 10.8 Å². The first-order valence-corrected chi connectivity index (χ1v) is 6.72.